The van der Waals surface area contributed by atoms with E-state index in [0.29, 0.717) is 18.0 Å². The van der Waals surface area contributed by atoms with E-state index in [9.17, 15) is 4.79 Å². The maximum atomic E-state index is 11.8. The van der Waals surface area contributed by atoms with Gasteiger partial charge in [0, 0.05) is 0 Å². The number of carbonyl (C=O) groups is 1. The summed E-state index contributed by atoms with van der Waals surface area (Å²) in [5.74, 6) is -0.263. The van der Waals surface area contributed by atoms with Gasteiger partial charge in [0.15, 0.2) is 0 Å². The Labute approximate surface area is 131 Å². The molecular weight excluding hydrogens is 335 g/mol. The van der Waals surface area contributed by atoms with Gasteiger partial charge in [-0.1, -0.05) is 0 Å². The van der Waals surface area contributed by atoms with Gasteiger partial charge in [0.05, 0.1) is 0 Å². The molecular formula is C16H20O4Se. The molecule has 2 fully saturated rings. The second-order valence-corrected chi connectivity index (χ2v) is 8.86. The van der Waals surface area contributed by atoms with E-state index in [2.05, 4.69) is 24.3 Å². The molecule has 0 bridgehead atoms. The van der Waals surface area contributed by atoms with E-state index >= 15 is 0 Å². The number of ether oxygens (including phenoxy) is 3. The number of hydrogen-bond donors (Lipinski definition) is 0. The zero-order valence-electron chi connectivity index (χ0n) is 12.3. The predicted molar refractivity (Wildman–Crippen MR) is 79.6 cm³/mol. The first-order valence-electron chi connectivity index (χ1n) is 7.22. The summed E-state index contributed by atoms with van der Waals surface area (Å²) in [6, 6.07) is 10.4. The predicted octanol–water partition coefficient (Wildman–Crippen LogP) is 1.52. The van der Waals surface area contributed by atoms with Gasteiger partial charge in [0.2, 0.25) is 0 Å². The molecule has 3 rings (SSSR count). The topological polar surface area (TPSA) is 44.8 Å². The summed E-state index contributed by atoms with van der Waals surface area (Å²) < 4.78 is 18.2. The first-order chi connectivity index (χ1) is 10.1. The number of cyclic esters (lactones) is 1. The standard InChI is InChI=1S/C16H20O4Se/c1-16(2)10-19-14(17)13(16)20-15-12(8-9-18-15)21-11-6-4-3-5-7-11/h3-7,12-13,15H,8-10H2,1-2H3/t12-,13-,15+/m0/s1. The van der Waals surface area contributed by atoms with Crippen molar-refractivity contribution >= 4 is 25.4 Å². The van der Waals surface area contributed by atoms with Crippen LogP contribution in [-0.4, -0.2) is 46.5 Å². The molecule has 0 unspecified atom stereocenters. The molecule has 5 heteroatoms. The Hall–Kier alpha value is -0.871. The van der Waals surface area contributed by atoms with Gasteiger partial charge in [-0.2, -0.15) is 0 Å². The molecule has 2 heterocycles. The molecule has 0 aromatic heterocycles. The normalized spacial score (nSPS) is 31.3. The molecule has 0 radical (unpaired) electrons. The van der Waals surface area contributed by atoms with Crippen molar-refractivity contribution < 1.29 is 19.0 Å². The van der Waals surface area contributed by atoms with Crippen LogP contribution in [0.1, 0.15) is 20.3 Å². The Morgan fingerprint density at radius 1 is 1.29 bits per heavy atom. The summed E-state index contributed by atoms with van der Waals surface area (Å²) >= 11 is 0.287. The molecule has 2 aliphatic rings. The zero-order chi connectivity index (χ0) is 14.9. The summed E-state index contributed by atoms with van der Waals surface area (Å²) in [6.45, 7) is 5.10. The summed E-state index contributed by atoms with van der Waals surface area (Å²) in [7, 11) is 0. The fourth-order valence-electron chi connectivity index (χ4n) is 2.56. The van der Waals surface area contributed by atoms with Crippen LogP contribution in [-0.2, 0) is 19.0 Å². The number of benzene rings is 1. The van der Waals surface area contributed by atoms with Crippen molar-refractivity contribution in [3.8, 4) is 0 Å². The van der Waals surface area contributed by atoms with Crippen molar-refractivity contribution in [1.82, 2.24) is 0 Å². The monoisotopic (exact) mass is 356 g/mol. The van der Waals surface area contributed by atoms with Gasteiger partial charge in [-0.25, -0.2) is 0 Å². The number of esters is 1. The molecule has 1 aromatic rings. The quantitative estimate of drug-likeness (QED) is 0.607. The average Bonchev–Trinajstić information content (AvgIpc) is 3.00. The molecule has 1 aromatic carbocycles. The minimum absolute atomic E-state index is 0.263. The van der Waals surface area contributed by atoms with Gasteiger partial charge in [-0.3, -0.25) is 0 Å². The second kappa shape index (κ2) is 6.09. The van der Waals surface area contributed by atoms with E-state index in [1.807, 2.05) is 19.9 Å². The van der Waals surface area contributed by atoms with Crippen LogP contribution in [0.4, 0.5) is 0 Å². The van der Waals surface area contributed by atoms with Gasteiger partial charge in [0.25, 0.3) is 0 Å². The van der Waals surface area contributed by atoms with Crippen LogP contribution in [0, 0.1) is 5.41 Å². The fraction of sp³-hybridized carbons (Fsp3) is 0.562. The second-order valence-electron chi connectivity index (χ2n) is 6.11. The molecule has 2 saturated heterocycles. The molecule has 0 spiro atoms. The average molecular weight is 355 g/mol. The SMILES string of the molecule is CC1(C)COC(=O)[C@@H]1O[C@H]1OCC[C@@H]1[Se]c1ccccc1. The molecule has 2 aliphatic heterocycles. The zero-order valence-corrected chi connectivity index (χ0v) is 14.0. The van der Waals surface area contributed by atoms with E-state index in [1.165, 1.54) is 4.46 Å². The number of rotatable bonds is 4. The van der Waals surface area contributed by atoms with E-state index in [4.69, 9.17) is 14.2 Å². The van der Waals surface area contributed by atoms with Crippen LogP contribution in [0.5, 0.6) is 0 Å². The van der Waals surface area contributed by atoms with Gasteiger partial charge < -0.3 is 0 Å². The third kappa shape index (κ3) is 3.32. The van der Waals surface area contributed by atoms with Crippen molar-refractivity contribution in [2.75, 3.05) is 13.2 Å². The summed E-state index contributed by atoms with van der Waals surface area (Å²) in [4.78, 5) is 12.2. The van der Waals surface area contributed by atoms with Crippen LogP contribution in [0.25, 0.3) is 0 Å². The molecule has 0 N–H and O–H groups in total. The van der Waals surface area contributed by atoms with Crippen molar-refractivity contribution in [3.63, 3.8) is 0 Å². The Balaban J connectivity index is 1.66. The van der Waals surface area contributed by atoms with Crippen molar-refractivity contribution in [2.24, 2.45) is 5.41 Å². The fourth-order valence-corrected chi connectivity index (χ4v) is 4.93. The van der Waals surface area contributed by atoms with Crippen molar-refractivity contribution in [3.05, 3.63) is 30.3 Å². The van der Waals surface area contributed by atoms with Crippen LogP contribution in [0.15, 0.2) is 30.3 Å². The Morgan fingerprint density at radius 2 is 2.05 bits per heavy atom. The van der Waals surface area contributed by atoms with E-state index in [1.54, 1.807) is 0 Å². The van der Waals surface area contributed by atoms with Gasteiger partial charge >= 0.3 is 131 Å². The molecule has 21 heavy (non-hydrogen) atoms. The van der Waals surface area contributed by atoms with E-state index in [-0.39, 0.29) is 32.6 Å². The summed E-state index contributed by atoms with van der Waals surface area (Å²) in [6.07, 6.45) is 0.177. The molecule has 0 aliphatic carbocycles. The van der Waals surface area contributed by atoms with Crippen LogP contribution >= 0.6 is 0 Å². The Morgan fingerprint density at radius 3 is 2.71 bits per heavy atom. The van der Waals surface area contributed by atoms with E-state index in [0.717, 1.165) is 6.42 Å². The molecule has 3 atom stereocenters. The first kappa shape index (κ1) is 15.0. The third-order valence-electron chi connectivity index (χ3n) is 3.80. The van der Waals surface area contributed by atoms with Crippen molar-refractivity contribution in [1.29, 1.82) is 0 Å². The Kier molecular flexibility index (Phi) is 4.36. The Bertz CT molecular complexity index is 502. The van der Waals surface area contributed by atoms with E-state index < -0.39 is 6.10 Å². The minimum atomic E-state index is -0.519. The van der Waals surface area contributed by atoms with Gasteiger partial charge in [0.1, 0.15) is 0 Å². The van der Waals surface area contributed by atoms with Crippen LogP contribution < -0.4 is 4.46 Å². The number of carbonyl (C=O) groups excluding carboxylic acids is 1. The molecule has 0 saturated carbocycles. The third-order valence-corrected chi connectivity index (χ3v) is 6.54. The first-order valence-corrected chi connectivity index (χ1v) is 9.06. The van der Waals surface area contributed by atoms with Gasteiger partial charge in [-0.05, 0) is 0 Å². The molecule has 0 amide bonds. The maximum absolute atomic E-state index is 11.8. The molecule has 4 nitrogen and oxygen atoms in total. The summed E-state index contributed by atoms with van der Waals surface area (Å²) in [5.41, 5.74) is -0.284. The van der Waals surface area contributed by atoms with Crippen molar-refractivity contribution in [2.45, 2.75) is 37.5 Å². The van der Waals surface area contributed by atoms with Gasteiger partial charge in [-0.15, -0.1) is 0 Å². The number of hydrogen-bond acceptors (Lipinski definition) is 4. The summed E-state index contributed by atoms with van der Waals surface area (Å²) in [5, 5.41) is 0. The van der Waals surface area contributed by atoms with Crippen LogP contribution in [0.2, 0.25) is 4.82 Å². The molecule has 114 valence electrons. The van der Waals surface area contributed by atoms with Crippen LogP contribution in [0.3, 0.4) is 0 Å².